The highest BCUT2D eigenvalue weighted by atomic mass is 16.5. The van der Waals surface area contributed by atoms with E-state index in [-0.39, 0.29) is 11.8 Å². The van der Waals surface area contributed by atoms with Crippen LogP contribution < -0.4 is 9.64 Å². The lowest BCUT2D eigenvalue weighted by atomic mass is 9.96. The molecule has 5 nitrogen and oxygen atoms in total. The van der Waals surface area contributed by atoms with E-state index in [2.05, 4.69) is 4.90 Å². The van der Waals surface area contributed by atoms with Gasteiger partial charge in [0, 0.05) is 19.5 Å². The molecule has 0 unspecified atom stereocenters. The molecule has 4 rings (SSSR count). The minimum atomic E-state index is -0.285. The third-order valence-electron chi connectivity index (χ3n) is 4.24. The highest BCUT2D eigenvalue weighted by Gasteiger charge is 2.40. The van der Waals surface area contributed by atoms with Crippen molar-refractivity contribution in [3.63, 3.8) is 0 Å². The van der Waals surface area contributed by atoms with Crippen molar-refractivity contribution in [2.24, 2.45) is 0 Å². The second kappa shape index (κ2) is 3.97. The Bertz CT molecular complexity index is 813. The molecule has 2 heterocycles. The predicted octanol–water partition coefficient (Wildman–Crippen LogP) is 1.89. The number of carbonyl (C=O) groups is 2. The number of likely N-dealkylation sites (N-methyl/N-ethyl adjacent to an activating group) is 1. The van der Waals surface area contributed by atoms with Gasteiger partial charge >= 0.3 is 0 Å². The topological polar surface area (TPSA) is 49.9 Å². The fourth-order valence-corrected chi connectivity index (χ4v) is 3.17. The highest BCUT2D eigenvalue weighted by Crippen LogP contribution is 2.46. The van der Waals surface area contributed by atoms with Crippen molar-refractivity contribution in [2.75, 3.05) is 32.1 Å². The zero-order valence-electron chi connectivity index (χ0n) is 11.8. The van der Waals surface area contributed by atoms with Crippen molar-refractivity contribution in [3.05, 3.63) is 35.4 Å². The maximum atomic E-state index is 12.4. The van der Waals surface area contributed by atoms with E-state index < -0.39 is 0 Å². The summed E-state index contributed by atoms with van der Waals surface area (Å²) in [6, 6.07) is 7.67. The number of amides is 2. The molecule has 0 N–H and O–H groups in total. The number of anilines is 1. The Morgan fingerprint density at radius 3 is 2.43 bits per heavy atom. The second-order valence-corrected chi connectivity index (χ2v) is 5.41. The van der Waals surface area contributed by atoms with Crippen molar-refractivity contribution in [1.82, 2.24) is 4.90 Å². The van der Waals surface area contributed by atoms with Gasteiger partial charge in [-0.1, -0.05) is 24.3 Å². The number of nitrogens with zero attached hydrogens (tertiary/aromatic N) is 2. The van der Waals surface area contributed by atoms with Crippen LogP contribution in [-0.2, 0) is 0 Å². The Labute approximate surface area is 121 Å². The monoisotopic (exact) mass is 282 g/mol. The predicted molar refractivity (Wildman–Crippen MR) is 79.1 cm³/mol. The summed E-state index contributed by atoms with van der Waals surface area (Å²) in [5.74, 6) is -0.00159. The molecule has 0 fully saturated rings. The van der Waals surface area contributed by atoms with Crippen LogP contribution in [0.15, 0.2) is 24.3 Å². The Morgan fingerprint density at radius 1 is 1.00 bits per heavy atom. The number of benzene rings is 2. The molecule has 21 heavy (non-hydrogen) atoms. The summed E-state index contributed by atoms with van der Waals surface area (Å²) in [4.78, 5) is 28.1. The lowest BCUT2D eigenvalue weighted by Crippen LogP contribution is -2.30. The molecule has 0 aliphatic carbocycles. The number of hydrogen-bond acceptors (Lipinski definition) is 4. The van der Waals surface area contributed by atoms with Crippen LogP contribution in [0.5, 0.6) is 5.75 Å². The van der Waals surface area contributed by atoms with Gasteiger partial charge in [-0.3, -0.25) is 14.5 Å². The molecular weight excluding hydrogens is 268 g/mol. The molecule has 0 bridgehead atoms. The number of ether oxygens (including phenoxy) is 1. The lowest BCUT2D eigenvalue weighted by Gasteiger charge is -2.30. The van der Waals surface area contributed by atoms with Gasteiger partial charge in [0.1, 0.15) is 6.61 Å². The molecule has 2 amide bonds. The van der Waals surface area contributed by atoms with E-state index in [4.69, 9.17) is 4.74 Å². The van der Waals surface area contributed by atoms with Crippen LogP contribution >= 0.6 is 0 Å². The number of carbonyl (C=O) groups excluding carboxylic acids is 2. The molecule has 2 aliphatic heterocycles. The molecular formula is C16H14N2O3. The van der Waals surface area contributed by atoms with Gasteiger partial charge < -0.3 is 9.64 Å². The SMILES string of the molecule is CN1C(=O)c2c3c(c4ccccc4c2C1=O)N(C)CCO3. The molecule has 106 valence electrons. The summed E-state index contributed by atoms with van der Waals surface area (Å²) in [5.41, 5.74) is 1.77. The average Bonchev–Trinajstić information content (AvgIpc) is 2.73. The van der Waals surface area contributed by atoms with Gasteiger partial charge in [0.05, 0.1) is 23.4 Å². The summed E-state index contributed by atoms with van der Waals surface area (Å²) >= 11 is 0. The molecule has 2 aromatic carbocycles. The van der Waals surface area contributed by atoms with Crippen molar-refractivity contribution in [2.45, 2.75) is 0 Å². The Balaban J connectivity index is 2.22. The Hall–Kier alpha value is -2.56. The summed E-state index contributed by atoms with van der Waals surface area (Å²) in [5, 5.41) is 1.76. The first-order valence-electron chi connectivity index (χ1n) is 6.86. The molecule has 5 heteroatoms. The van der Waals surface area contributed by atoms with Gasteiger partial charge in [-0.05, 0) is 5.39 Å². The smallest absolute Gasteiger partial charge is 0.265 e. The summed E-state index contributed by atoms with van der Waals surface area (Å²) in [6.07, 6.45) is 0. The van der Waals surface area contributed by atoms with E-state index in [1.165, 1.54) is 7.05 Å². The van der Waals surface area contributed by atoms with Crippen LogP contribution in [0.2, 0.25) is 0 Å². The van der Waals surface area contributed by atoms with Gasteiger partial charge in [0.15, 0.2) is 5.75 Å². The quantitative estimate of drug-likeness (QED) is 0.692. The van der Waals surface area contributed by atoms with Crippen molar-refractivity contribution < 1.29 is 14.3 Å². The van der Waals surface area contributed by atoms with Crippen LogP contribution in [0.3, 0.4) is 0 Å². The summed E-state index contributed by atoms with van der Waals surface area (Å²) in [7, 11) is 3.49. The van der Waals surface area contributed by atoms with Crippen molar-refractivity contribution in [1.29, 1.82) is 0 Å². The minimum Gasteiger partial charge on any atom is -0.489 e. The number of hydrogen-bond donors (Lipinski definition) is 0. The minimum absolute atomic E-state index is 0.258. The largest absolute Gasteiger partial charge is 0.489 e. The first-order chi connectivity index (χ1) is 10.1. The molecule has 0 radical (unpaired) electrons. The maximum absolute atomic E-state index is 12.4. The second-order valence-electron chi connectivity index (χ2n) is 5.41. The van der Waals surface area contributed by atoms with E-state index in [0.29, 0.717) is 23.5 Å². The first kappa shape index (κ1) is 12.2. The van der Waals surface area contributed by atoms with Gasteiger partial charge in [0.2, 0.25) is 0 Å². The molecule has 0 saturated heterocycles. The zero-order valence-corrected chi connectivity index (χ0v) is 11.8. The van der Waals surface area contributed by atoms with Crippen LogP contribution in [-0.4, -0.2) is 44.0 Å². The number of rotatable bonds is 0. The normalized spacial score (nSPS) is 17.0. The van der Waals surface area contributed by atoms with E-state index in [1.54, 1.807) is 0 Å². The third kappa shape index (κ3) is 1.40. The standard InChI is InChI=1S/C16H14N2O3/c1-17-7-8-21-14-12-11(15(19)18(2)16(12)20)9-5-3-4-6-10(9)13(14)17/h3-6H,7-8H2,1-2H3. The molecule has 0 atom stereocenters. The molecule has 2 aromatic rings. The van der Waals surface area contributed by atoms with Crippen LogP contribution in [0.25, 0.3) is 10.8 Å². The fraction of sp³-hybridized carbons (Fsp3) is 0.250. The molecule has 2 aliphatic rings. The number of fused-ring (bicyclic) bond motifs is 6. The van der Waals surface area contributed by atoms with E-state index in [9.17, 15) is 9.59 Å². The summed E-state index contributed by atoms with van der Waals surface area (Å²) in [6.45, 7) is 1.27. The molecule has 0 aromatic heterocycles. The van der Waals surface area contributed by atoms with Crippen molar-refractivity contribution in [3.8, 4) is 5.75 Å². The van der Waals surface area contributed by atoms with Gasteiger partial charge in [0.25, 0.3) is 11.8 Å². The summed E-state index contributed by atoms with van der Waals surface area (Å²) < 4.78 is 5.77. The number of imide groups is 1. The third-order valence-corrected chi connectivity index (χ3v) is 4.24. The van der Waals surface area contributed by atoms with Gasteiger partial charge in [-0.2, -0.15) is 0 Å². The van der Waals surface area contributed by atoms with Crippen molar-refractivity contribution >= 4 is 28.3 Å². The first-order valence-corrected chi connectivity index (χ1v) is 6.86. The van der Waals surface area contributed by atoms with Gasteiger partial charge in [-0.25, -0.2) is 0 Å². The average molecular weight is 282 g/mol. The highest BCUT2D eigenvalue weighted by molar-refractivity contribution is 6.29. The lowest BCUT2D eigenvalue weighted by molar-refractivity contribution is 0.0692. The zero-order chi connectivity index (χ0) is 14.7. The van der Waals surface area contributed by atoms with E-state index in [0.717, 1.165) is 27.9 Å². The molecule has 0 saturated carbocycles. The van der Waals surface area contributed by atoms with E-state index in [1.807, 2.05) is 31.3 Å². The van der Waals surface area contributed by atoms with Gasteiger partial charge in [-0.15, -0.1) is 0 Å². The van der Waals surface area contributed by atoms with Crippen LogP contribution in [0.1, 0.15) is 20.7 Å². The molecule has 0 spiro atoms. The Morgan fingerprint density at radius 2 is 1.67 bits per heavy atom. The van der Waals surface area contributed by atoms with Crippen LogP contribution in [0.4, 0.5) is 5.69 Å². The van der Waals surface area contributed by atoms with E-state index >= 15 is 0 Å². The van der Waals surface area contributed by atoms with Crippen LogP contribution in [0, 0.1) is 0 Å². The fourth-order valence-electron chi connectivity index (χ4n) is 3.17. The maximum Gasteiger partial charge on any atom is 0.265 e. The Kier molecular flexibility index (Phi) is 2.31.